The monoisotopic (exact) mass is 364 g/mol. The summed E-state index contributed by atoms with van der Waals surface area (Å²) in [6.45, 7) is 0. The summed E-state index contributed by atoms with van der Waals surface area (Å²) < 4.78 is 1.77. The fourth-order valence-corrected chi connectivity index (χ4v) is 3.88. The van der Waals surface area contributed by atoms with E-state index in [2.05, 4.69) is 15.5 Å². The molecule has 0 spiro atoms. The van der Waals surface area contributed by atoms with Gasteiger partial charge in [-0.3, -0.25) is 20.2 Å². The average molecular weight is 364 g/mol. The van der Waals surface area contributed by atoms with Crippen LogP contribution in [0.1, 0.15) is 43.7 Å². The SMILES string of the molecule is O=[N+]([O-])c1ccc([N+](=O)[O-])c(CSc2nnnn2C2CCCCC2)c1. The Morgan fingerprint density at radius 2 is 1.92 bits per heavy atom. The molecule has 0 bridgehead atoms. The van der Waals surface area contributed by atoms with Crippen LogP contribution in [0.15, 0.2) is 23.4 Å². The zero-order chi connectivity index (χ0) is 17.8. The molecule has 1 heterocycles. The van der Waals surface area contributed by atoms with E-state index in [4.69, 9.17) is 0 Å². The lowest BCUT2D eigenvalue weighted by molar-refractivity contribution is -0.389. The molecule has 3 rings (SSSR count). The second-order valence-corrected chi connectivity index (χ2v) is 6.76. The molecule has 1 aliphatic carbocycles. The Morgan fingerprint density at radius 1 is 1.16 bits per heavy atom. The van der Waals surface area contributed by atoms with Crippen molar-refractivity contribution in [2.75, 3.05) is 0 Å². The Balaban J connectivity index is 1.79. The molecule has 25 heavy (non-hydrogen) atoms. The molecule has 132 valence electrons. The molecule has 1 saturated carbocycles. The maximum atomic E-state index is 11.2. The number of tetrazole rings is 1. The first kappa shape index (κ1) is 17.3. The zero-order valence-corrected chi connectivity index (χ0v) is 14.1. The van der Waals surface area contributed by atoms with E-state index in [1.54, 1.807) is 4.68 Å². The molecule has 0 atom stereocenters. The lowest BCUT2D eigenvalue weighted by atomic mass is 9.96. The minimum Gasteiger partial charge on any atom is -0.258 e. The van der Waals surface area contributed by atoms with Crippen LogP contribution < -0.4 is 0 Å². The predicted octanol–water partition coefficient (Wildman–Crippen LogP) is 3.29. The lowest BCUT2D eigenvalue weighted by Gasteiger charge is -2.21. The van der Waals surface area contributed by atoms with Crippen molar-refractivity contribution in [3.63, 3.8) is 0 Å². The van der Waals surface area contributed by atoms with E-state index >= 15 is 0 Å². The zero-order valence-electron chi connectivity index (χ0n) is 13.3. The van der Waals surface area contributed by atoms with Gasteiger partial charge in [0.1, 0.15) is 0 Å². The molecule has 1 fully saturated rings. The van der Waals surface area contributed by atoms with Crippen molar-refractivity contribution in [1.82, 2.24) is 20.2 Å². The average Bonchev–Trinajstić information content (AvgIpc) is 3.08. The molecule has 2 aromatic rings. The second kappa shape index (κ2) is 7.55. The Kier molecular flexibility index (Phi) is 5.22. The number of benzene rings is 1. The van der Waals surface area contributed by atoms with E-state index in [0.29, 0.717) is 5.16 Å². The fourth-order valence-electron chi connectivity index (χ4n) is 2.96. The molecule has 10 nitrogen and oxygen atoms in total. The van der Waals surface area contributed by atoms with Gasteiger partial charge in [0.05, 0.1) is 15.9 Å². The van der Waals surface area contributed by atoms with Gasteiger partial charge in [-0.2, -0.15) is 0 Å². The number of nitro groups is 2. The second-order valence-electron chi connectivity index (χ2n) is 5.81. The van der Waals surface area contributed by atoms with Gasteiger partial charge >= 0.3 is 0 Å². The molecule has 0 N–H and O–H groups in total. The van der Waals surface area contributed by atoms with Crippen molar-refractivity contribution in [3.05, 3.63) is 44.0 Å². The Morgan fingerprint density at radius 3 is 2.60 bits per heavy atom. The van der Waals surface area contributed by atoms with Crippen LogP contribution in [0.4, 0.5) is 11.4 Å². The Labute approximate surface area is 146 Å². The summed E-state index contributed by atoms with van der Waals surface area (Å²) in [6.07, 6.45) is 5.49. The van der Waals surface area contributed by atoms with Gasteiger partial charge in [-0.05, 0) is 23.3 Å². The van der Waals surface area contributed by atoms with Gasteiger partial charge in [0.25, 0.3) is 11.4 Å². The normalized spacial score (nSPS) is 15.2. The highest BCUT2D eigenvalue weighted by atomic mass is 32.2. The van der Waals surface area contributed by atoms with E-state index in [1.807, 2.05) is 0 Å². The van der Waals surface area contributed by atoms with E-state index in [9.17, 15) is 20.2 Å². The number of nitro benzene ring substituents is 2. The van der Waals surface area contributed by atoms with Crippen molar-refractivity contribution >= 4 is 23.1 Å². The molecule has 11 heteroatoms. The molecule has 0 unspecified atom stereocenters. The molecule has 0 saturated heterocycles. The maximum Gasteiger partial charge on any atom is 0.273 e. The maximum absolute atomic E-state index is 11.2. The molecular weight excluding hydrogens is 348 g/mol. The van der Waals surface area contributed by atoms with Crippen LogP contribution in [-0.4, -0.2) is 30.1 Å². The van der Waals surface area contributed by atoms with Gasteiger partial charge in [0.2, 0.25) is 5.16 Å². The van der Waals surface area contributed by atoms with Crippen LogP contribution >= 0.6 is 11.8 Å². The third-order valence-electron chi connectivity index (χ3n) is 4.21. The summed E-state index contributed by atoms with van der Waals surface area (Å²) in [7, 11) is 0. The van der Waals surface area contributed by atoms with Gasteiger partial charge in [-0.25, -0.2) is 4.68 Å². The van der Waals surface area contributed by atoms with Gasteiger partial charge in [-0.1, -0.05) is 31.0 Å². The number of hydrogen-bond donors (Lipinski definition) is 0. The summed E-state index contributed by atoms with van der Waals surface area (Å²) in [4.78, 5) is 21.0. The first-order chi connectivity index (χ1) is 12.1. The van der Waals surface area contributed by atoms with Crippen LogP contribution in [0.2, 0.25) is 0 Å². The third-order valence-corrected chi connectivity index (χ3v) is 5.19. The van der Waals surface area contributed by atoms with Crippen molar-refractivity contribution < 1.29 is 9.85 Å². The van der Waals surface area contributed by atoms with Crippen LogP contribution in [0.5, 0.6) is 0 Å². The standard InChI is InChI=1S/C14H16N6O4S/c21-19(22)12-6-7-13(20(23)24)10(8-12)9-25-14-15-16-17-18(14)11-4-2-1-3-5-11/h6-8,11H,1-5,9H2. The van der Waals surface area contributed by atoms with Crippen LogP contribution in [-0.2, 0) is 5.75 Å². The summed E-state index contributed by atoms with van der Waals surface area (Å²) in [5.41, 5.74) is -0.0368. The summed E-state index contributed by atoms with van der Waals surface area (Å²) in [5.74, 6) is 0.186. The molecule has 1 aromatic heterocycles. The van der Waals surface area contributed by atoms with Crippen LogP contribution in [0, 0.1) is 20.2 Å². The highest BCUT2D eigenvalue weighted by Gasteiger charge is 2.22. The van der Waals surface area contributed by atoms with E-state index in [1.165, 1.54) is 24.2 Å². The van der Waals surface area contributed by atoms with Crippen molar-refractivity contribution in [3.8, 4) is 0 Å². The van der Waals surface area contributed by atoms with Gasteiger partial charge in [0.15, 0.2) is 0 Å². The topological polar surface area (TPSA) is 130 Å². The van der Waals surface area contributed by atoms with Crippen molar-refractivity contribution in [2.45, 2.75) is 49.1 Å². The smallest absolute Gasteiger partial charge is 0.258 e. The van der Waals surface area contributed by atoms with E-state index in [0.717, 1.165) is 37.8 Å². The molecule has 0 aliphatic heterocycles. The van der Waals surface area contributed by atoms with Crippen LogP contribution in [0.25, 0.3) is 0 Å². The molecular formula is C14H16N6O4S. The molecule has 0 radical (unpaired) electrons. The quantitative estimate of drug-likeness (QED) is 0.433. The Bertz CT molecular complexity index is 789. The van der Waals surface area contributed by atoms with E-state index in [-0.39, 0.29) is 28.7 Å². The Hall–Kier alpha value is -2.56. The number of rotatable bonds is 6. The number of aromatic nitrogens is 4. The minimum absolute atomic E-state index is 0.144. The highest BCUT2D eigenvalue weighted by molar-refractivity contribution is 7.98. The third kappa shape index (κ3) is 3.92. The number of thioether (sulfide) groups is 1. The van der Waals surface area contributed by atoms with Crippen LogP contribution in [0.3, 0.4) is 0 Å². The first-order valence-corrected chi connectivity index (χ1v) is 8.87. The summed E-state index contributed by atoms with van der Waals surface area (Å²) in [5, 5.41) is 34.4. The largest absolute Gasteiger partial charge is 0.273 e. The van der Waals surface area contributed by atoms with Gasteiger partial charge in [0, 0.05) is 29.5 Å². The lowest BCUT2D eigenvalue weighted by Crippen LogP contribution is -2.15. The number of nitrogens with zero attached hydrogens (tertiary/aromatic N) is 6. The molecule has 1 aromatic carbocycles. The van der Waals surface area contributed by atoms with E-state index < -0.39 is 9.85 Å². The number of hydrogen-bond acceptors (Lipinski definition) is 8. The highest BCUT2D eigenvalue weighted by Crippen LogP contribution is 2.33. The van der Waals surface area contributed by atoms with Gasteiger partial charge < -0.3 is 0 Å². The van der Waals surface area contributed by atoms with Crippen molar-refractivity contribution in [2.24, 2.45) is 0 Å². The summed E-state index contributed by atoms with van der Waals surface area (Å²) in [6, 6.07) is 3.78. The van der Waals surface area contributed by atoms with Gasteiger partial charge in [-0.15, -0.1) is 5.10 Å². The first-order valence-electron chi connectivity index (χ1n) is 7.88. The molecule has 0 amide bonds. The predicted molar refractivity (Wildman–Crippen MR) is 89.3 cm³/mol. The van der Waals surface area contributed by atoms with Crippen molar-refractivity contribution in [1.29, 1.82) is 0 Å². The minimum atomic E-state index is -0.565. The number of non-ortho nitro benzene ring substituents is 1. The fraction of sp³-hybridized carbons (Fsp3) is 0.500. The summed E-state index contributed by atoms with van der Waals surface area (Å²) >= 11 is 1.25. The molecule has 1 aliphatic rings.